The van der Waals surface area contributed by atoms with Gasteiger partial charge < -0.3 is 5.32 Å². The van der Waals surface area contributed by atoms with Gasteiger partial charge in [-0.05, 0) is 49.4 Å². The van der Waals surface area contributed by atoms with Crippen molar-refractivity contribution in [3.63, 3.8) is 0 Å². The molecule has 0 saturated carbocycles. The van der Waals surface area contributed by atoms with Crippen molar-refractivity contribution in [2.45, 2.75) is 12.5 Å². The van der Waals surface area contributed by atoms with Gasteiger partial charge in [-0.15, -0.1) is 0 Å². The first-order valence-corrected chi connectivity index (χ1v) is 6.08. The lowest BCUT2D eigenvalue weighted by Gasteiger charge is -2.18. The molecule has 1 N–H and O–H groups in total. The average Bonchev–Trinajstić information content (AvgIpc) is 2.41. The Balaban J connectivity index is 2.36. The third-order valence-electron chi connectivity index (χ3n) is 3.13. The Labute approximate surface area is 114 Å². The number of nitrogens with one attached hydrogen (secondary N) is 1. The third-order valence-corrected chi connectivity index (χ3v) is 3.13. The molecule has 106 valence electrons. The number of halogens is 4. The quantitative estimate of drug-likeness (QED) is 0.843. The van der Waals surface area contributed by atoms with Crippen molar-refractivity contribution in [3.8, 4) is 0 Å². The van der Waals surface area contributed by atoms with E-state index >= 15 is 0 Å². The molecular formula is C15H13F4N. The lowest BCUT2D eigenvalue weighted by atomic mass is 9.97. The van der Waals surface area contributed by atoms with Gasteiger partial charge >= 0.3 is 0 Å². The van der Waals surface area contributed by atoms with Crippen LogP contribution in [-0.2, 0) is 6.42 Å². The molecule has 0 amide bonds. The minimum atomic E-state index is -0.785. The maximum Gasteiger partial charge on any atom is 0.130 e. The zero-order chi connectivity index (χ0) is 14.7. The summed E-state index contributed by atoms with van der Waals surface area (Å²) in [6.07, 6.45) is -0.0576. The van der Waals surface area contributed by atoms with E-state index in [1.807, 2.05) is 0 Å². The second-order valence-corrected chi connectivity index (χ2v) is 4.42. The molecule has 1 atom stereocenters. The topological polar surface area (TPSA) is 12.0 Å². The highest BCUT2D eigenvalue weighted by molar-refractivity contribution is 5.27. The summed E-state index contributed by atoms with van der Waals surface area (Å²) in [4.78, 5) is 0. The summed E-state index contributed by atoms with van der Waals surface area (Å²) in [6.45, 7) is 0. The van der Waals surface area contributed by atoms with Crippen LogP contribution in [0.25, 0.3) is 0 Å². The van der Waals surface area contributed by atoms with Crippen molar-refractivity contribution >= 4 is 0 Å². The summed E-state index contributed by atoms with van der Waals surface area (Å²) in [6, 6.07) is 5.75. The summed E-state index contributed by atoms with van der Waals surface area (Å²) in [7, 11) is 1.51. The molecule has 0 saturated heterocycles. The zero-order valence-corrected chi connectivity index (χ0v) is 10.8. The number of likely N-dealkylation sites (N-methyl/N-ethyl adjacent to an activating group) is 1. The fourth-order valence-corrected chi connectivity index (χ4v) is 2.11. The van der Waals surface area contributed by atoms with Crippen LogP contribution < -0.4 is 5.32 Å². The number of rotatable bonds is 4. The monoisotopic (exact) mass is 283 g/mol. The van der Waals surface area contributed by atoms with E-state index < -0.39 is 29.3 Å². The molecule has 0 spiro atoms. The van der Waals surface area contributed by atoms with Crippen molar-refractivity contribution in [2.75, 3.05) is 7.05 Å². The summed E-state index contributed by atoms with van der Waals surface area (Å²) < 4.78 is 54.2. The van der Waals surface area contributed by atoms with Crippen LogP contribution in [0.4, 0.5) is 17.6 Å². The van der Waals surface area contributed by atoms with E-state index in [-0.39, 0.29) is 17.5 Å². The molecule has 2 aromatic rings. The van der Waals surface area contributed by atoms with E-state index in [4.69, 9.17) is 0 Å². The Morgan fingerprint density at radius 1 is 0.950 bits per heavy atom. The first-order chi connectivity index (χ1) is 9.52. The largest absolute Gasteiger partial charge is 0.313 e. The fraction of sp³-hybridized carbons (Fsp3) is 0.200. The molecule has 0 aliphatic carbocycles. The van der Waals surface area contributed by atoms with E-state index in [0.717, 1.165) is 30.3 Å². The smallest absolute Gasteiger partial charge is 0.130 e. The number of benzene rings is 2. The van der Waals surface area contributed by atoms with Gasteiger partial charge in [0.25, 0.3) is 0 Å². The molecule has 2 rings (SSSR count). The lowest BCUT2D eigenvalue weighted by molar-refractivity contribution is 0.480. The molecule has 20 heavy (non-hydrogen) atoms. The molecule has 0 aliphatic heterocycles. The highest BCUT2D eigenvalue weighted by Gasteiger charge is 2.20. The predicted molar refractivity (Wildman–Crippen MR) is 68.2 cm³/mol. The maximum absolute atomic E-state index is 13.7. The van der Waals surface area contributed by atoms with E-state index in [1.54, 1.807) is 0 Å². The van der Waals surface area contributed by atoms with Gasteiger partial charge in [0.1, 0.15) is 23.3 Å². The maximum atomic E-state index is 13.7. The minimum Gasteiger partial charge on any atom is -0.313 e. The van der Waals surface area contributed by atoms with Crippen LogP contribution in [0.1, 0.15) is 17.2 Å². The molecule has 0 bridgehead atoms. The van der Waals surface area contributed by atoms with Gasteiger partial charge in [-0.1, -0.05) is 6.07 Å². The highest BCUT2D eigenvalue weighted by atomic mass is 19.1. The molecule has 0 radical (unpaired) electrons. The number of hydrogen-bond donors (Lipinski definition) is 1. The van der Waals surface area contributed by atoms with Gasteiger partial charge in [-0.25, -0.2) is 17.6 Å². The van der Waals surface area contributed by atoms with E-state index in [0.29, 0.717) is 0 Å². The van der Waals surface area contributed by atoms with Gasteiger partial charge in [0.15, 0.2) is 0 Å². The van der Waals surface area contributed by atoms with Gasteiger partial charge in [-0.2, -0.15) is 0 Å². The Kier molecular flexibility index (Phi) is 4.39. The van der Waals surface area contributed by atoms with Crippen LogP contribution in [0, 0.1) is 23.3 Å². The Bertz CT molecular complexity index is 593. The Morgan fingerprint density at radius 2 is 1.60 bits per heavy atom. The first-order valence-electron chi connectivity index (χ1n) is 6.08. The van der Waals surface area contributed by atoms with Crippen LogP contribution in [-0.4, -0.2) is 7.05 Å². The van der Waals surface area contributed by atoms with Crippen LogP contribution in [0.5, 0.6) is 0 Å². The van der Waals surface area contributed by atoms with Crippen molar-refractivity contribution in [3.05, 3.63) is 70.8 Å². The van der Waals surface area contributed by atoms with E-state index in [1.165, 1.54) is 13.1 Å². The third kappa shape index (κ3) is 2.99. The molecule has 1 nitrogen and oxygen atoms in total. The minimum absolute atomic E-state index is 0.0576. The second-order valence-electron chi connectivity index (χ2n) is 4.42. The first kappa shape index (κ1) is 14.5. The van der Waals surface area contributed by atoms with Gasteiger partial charge in [-0.3, -0.25) is 0 Å². The van der Waals surface area contributed by atoms with Crippen molar-refractivity contribution < 1.29 is 17.6 Å². The highest BCUT2D eigenvalue weighted by Crippen LogP contribution is 2.25. The number of hydrogen-bond acceptors (Lipinski definition) is 1. The summed E-state index contributed by atoms with van der Waals surface area (Å²) in [5, 5.41) is 2.73. The molecule has 0 heterocycles. The molecule has 0 aliphatic rings. The molecule has 2 aromatic carbocycles. The molecular weight excluding hydrogens is 270 g/mol. The van der Waals surface area contributed by atoms with Crippen molar-refractivity contribution in [2.24, 2.45) is 0 Å². The lowest BCUT2D eigenvalue weighted by Crippen LogP contribution is -2.22. The Hall–Kier alpha value is -1.88. The normalized spacial score (nSPS) is 12.4. The zero-order valence-electron chi connectivity index (χ0n) is 10.8. The fourth-order valence-electron chi connectivity index (χ4n) is 2.11. The predicted octanol–water partition coefficient (Wildman–Crippen LogP) is 3.75. The average molecular weight is 283 g/mol. The Morgan fingerprint density at radius 3 is 2.20 bits per heavy atom. The van der Waals surface area contributed by atoms with Crippen molar-refractivity contribution in [1.29, 1.82) is 0 Å². The molecule has 1 unspecified atom stereocenters. The second kappa shape index (κ2) is 6.05. The van der Waals surface area contributed by atoms with Crippen LogP contribution in [0.15, 0.2) is 36.4 Å². The summed E-state index contributed by atoms with van der Waals surface area (Å²) in [5.74, 6) is -2.64. The van der Waals surface area contributed by atoms with Gasteiger partial charge in [0.2, 0.25) is 0 Å². The summed E-state index contributed by atoms with van der Waals surface area (Å²) >= 11 is 0. The SMILES string of the molecule is CNC(Cc1cc(F)ccc1F)c1c(F)cccc1F. The van der Waals surface area contributed by atoms with Crippen LogP contribution in [0.2, 0.25) is 0 Å². The van der Waals surface area contributed by atoms with E-state index in [2.05, 4.69) is 5.32 Å². The van der Waals surface area contributed by atoms with Crippen molar-refractivity contribution in [1.82, 2.24) is 5.32 Å². The van der Waals surface area contributed by atoms with Crippen LogP contribution >= 0.6 is 0 Å². The van der Waals surface area contributed by atoms with Gasteiger partial charge in [0, 0.05) is 11.6 Å². The van der Waals surface area contributed by atoms with E-state index in [9.17, 15) is 17.6 Å². The summed E-state index contributed by atoms with van der Waals surface area (Å²) in [5.41, 5.74) is -0.120. The van der Waals surface area contributed by atoms with Crippen LogP contribution in [0.3, 0.4) is 0 Å². The standard InChI is InChI=1S/C15H13F4N/c1-20-14(15-12(18)3-2-4-13(15)19)8-9-7-10(16)5-6-11(9)17/h2-7,14,20H,8H2,1H3. The van der Waals surface area contributed by atoms with Gasteiger partial charge in [0.05, 0.1) is 0 Å². The molecule has 5 heteroatoms. The molecule has 0 aromatic heterocycles. The molecule has 0 fully saturated rings.